The Labute approximate surface area is 119 Å². The molecule has 102 valence electrons. The minimum absolute atomic E-state index is 0.262. The fraction of sp³-hybridized carbons (Fsp3) is 0.214. The molecular weight excluding hydrogens is 274 g/mol. The third-order valence-corrected chi connectivity index (χ3v) is 3.97. The van der Waals surface area contributed by atoms with Crippen LogP contribution < -0.4 is 0 Å². The summed E-state index contributed by atoms with van der Waals surface area (Å²) in [6.07, 6.45) is 2.59. The van der Waals surface area contributed by atoms with Crippen molar-refractivity contribution in [1.82, 2.24) is 14.5 Å². The average molecular weight is 287 g/mol. The molecule has 2 heterocycles. The van der Waals surface area contributed by atoms with Gasteiger partial charge in [0, 0.05) is 18.3 Å². The molecule has 0 aliphatic rings. The minimum atomic E-state index is -0.931. The molecule has 1 N–H and O–H groups in total. The molecule has 0 radical (unpaired) electrons. The molecule has 1 aromatic carbocycles. The predicted molar refractivity (Wildman–Crippen MR) is 77.2 cm³/mol. The van der Waals surface area contributed by atoms with Crippen molar-refractivity contribution in [3.63, 3.8) is 0 Å². The molecule has 2 aromatic heterocycles. The van der Waals surface area contributed by atoms with Crippen LogP contribution in [0.4, 0.5) is 0 Å². The molecule has 0 aliphatic carbocycles. The molecule has 0 atom stereocenters. The van der Waals surface area contributed by atoms with Gasteiger partial charge < -0.3 is 9.67 Å². The van der Waals surface area contributed by atoms with Gasteiger partial charge in [-0.25, -0.2) is 14.8 Å². The van der Waals surface area contributed by atoms with Crippen molar-refractivity contribution in [3.05, 3.63) is 46.2 Å². The Bertz CT molecular complexity index is 776. The molecule has 3 rings (SSSR count). The number of fused-ring (bicyclic) bond motifs is 1. The Kier molecular flexibility index (Phi) is 3.23. The van der Waals surface area contributed by atoms with Gasteiger partial charge in [0.25, 0.3) is 0 Å². The van der Waals surface area contributed by atoms with Crippen LogP contribution in [-0.4, -0.2) is 25.6 Å². The summed E-state index contributed by atoms with van der Waals surface area (Å²) in [5, 5.41) is 12.1. The molecule has 0 fully saturated rings. The number of aromatic carboxylic acids is 1. The van der Waals surface area contributed by atoms with E-state index in [9.17, 15) is 4.79 Å². The molecule has 20 heavy (non-hydrogen) atoms. The van der Waals surface area contributed by atoms with Crippen molar-refractivity contribution in [2.45, 2.75) is 19.9 Å². The first-order chi connectivity index (χ1) is 9.63. The van der Waals surface area contributed by atoms with Gasteiger partial charge >= 0.3 is 5.97 Å². The number of thiazole rings is 1. The van der Waals surface area contributed by atoms with E-state index in [1.54, 1.807) is 35.9 Å². The lowest BCUT2D eigenvalue weighted by molar-refractivity contribution is 0.0697. The number of rotatable bonds is 4. The second-order valence-corrected chi connectivity index (χ2v) is 5.62. The van der Waals surface area contributed by atoms with Gasteiger partial charge in [-0.3, -0.25) is 0 Å². The number of imidazole rings is 1. The maximum Gasteiger partial charge on any atom is 0.335 e. The average Bonchev–Trinajstić information content (AvgIpc) is 3.02. The third-order valence-electron chi connectivity index (χ3n) is 3.14. The Balaban J connectivity index is 1.83. The quantitative estimate of drug-likeness (QED) is 0.801. The number of benzene rings is 1. The number of hydrogen-bond acceptors (Lipinski definition) is 4. The maximum atomic E-state index is 10.9. The number of carboxylic acids is 1. The fourth-order valence-corrected chi connectivity index (χ4v) is 2.78. The molecular formula is C14H13N3O2S. The van der Waals surface area contributed by atoms with Crippen LogP contribution in [0, 0.1) is 6.92 Å². The molecule has 0 amide bonds. The zero-order chi connectivity index (χ0) is 14.1. The first-order valence-corrected chi connectivity index (χ1v) is 7.10. The van der Waals surface area contributed by atoms with Crippen LogP contribution >= 0.6 is 11.3 Å². The van der Waals surface area contributed by atoms with E-state index in [1.165, 1.54) is 0 Å². The van der Waals surface area contributed by atoms with Crippen LogP contribution in [0.2, 0.25) is 0 Å². The van der Waals surface area contributed by atoms with Gasteiger partial charge in [-0.2, -0.15) is 0 Å². The number of hydrogen-bond donors (Lipinski definition) is 1. The summed E-state index contributed by atoms with van der Waals surface area (Å²) >= 11 is 1.65. The highest BCUT2D eigenvalue weighted by molar-refractivity contribution is 7.09. The molecule has 0 bridgehead atoms. The van der Waals surface area contributed by atoms with Crippen LogP contribution in [0.15, 0.2) is 29.9 Å². The lowest BCUT2D eigenvalue weighted by Crippen LogP contribution is -2.01. The second-order valence-electron chi connectivity index (χ2n) is 4.55. The highest BCUT2D eigenvalue weighted by Crippen LogP contribution is 2.16. The molecule has 0 aliphatic heterocycles. The first kappa shape index (κ1) is 12.8. The molecule has 0 saturated heterocycles. The van der Waals surface area contributed by atoms with Crippen molar-refractivity contribution in [2.75, 3.05) is 0 Å². The summed E-state index contributed by atoms with van der Waals surface area (Å²) in [5.41, 5.74) is 3.00. The van der Waals surface area contributed by atoms with Gasteiger partial charge in [-0.15, -0.1) is 11.3 Å². The highest BCUT2D eigenvalue weighted by Gasteiger charge is 2.08. The van der Waals surface area contributed by atoms with Crippen LogP contribution in [0.3, 0.4) is 0 Å². The number of aryl methyl sites for hydroxylation is 3. The molecule has 5 nitrogen and oxygen atoms in total. The van der Waals surface area contributed by atoms with E-state index >= 15 is 0 Å². The minimum Gasteiger partial charge on any atom is -0.478 e. The van der Waals surface area contributed by atoms with E-state index < -0.39 is 5.97 Å². The Hall–Kier alpha value is -2.21. The van der Waals surface area contributed by atoms with Crippen molar-refractivity contribution in [2.24, 2.45) is 0 Å². The van der Waals surface area contributed by atoms with Crippen LogP contribution in [0.5, 0.6) is 0 Å². The smallest absolute Gasteiger partial charge is 0.335 e. The Morgan fingerprint density at radius 2 is 2.30 bits per heavy atom. The molecule has 0 saturated carbocycles. The van der Waals surface area contributed by atoms with Crippen molar-refractivity contribution in [1.29, 1.82) is 0 Å². The predicted octanol–water partition coefficient (Wildman–Crippen LogP) is 2.74. The first-order valence-electron chi connectivity index (χ1n) is 6.22. The van der Waals surface area contributed by atoms with Gasteiger partial charge in [0.2, 0.25) is 0 Å². The van der Waals surface area contributed by atoms with E-state index in [-0.39, 0.29) is 5.56 Å². The van der Waals surface area contributed by atoms with E-state index in [0.29, 0.717) is 5.52 Å². The van der Waals surface area contributed by atoms with Crippen LogP contribution in [-0.2, 0) is 13.0 Å². The standard InChI is InChI=1S/C14H13N3O2S/c1-9-16-11(7-20-9)4-5-17-8-15-12-6-10(14(18)19)2-3-13(12)17/h2-3,6-8H,4-5H2,1H3,(H,18,19). The van der Waals surface area contributed by atoms with Gasteiger partial charge in [0.15, 0.2) is 0 Å². The number of carbonyl (C=O) groups is 1. The summed E-state index contributed by atoms with van der Waals surface area (Å²) in [6, 6.07) is 5.01. The zero-order valence-electron chi connectivity index (χ0n) is 10.9. The van der Waals surface area contributed by atoms with Gasteiger partial charge in [0.05, 0.1) is 33.6 Å². The van der Waals surface area contributed by atoms with Crippen LogP contribution in [0.25, 0.3) is 11.0 Å². The fourth-order valence-electron chi connectivity index (χ4n) is 2.13. The van der Waals surface area contributed by atoms with Crippen molar-refractivity contribution in [3.8, 4) is 0 Å². The summed E-state index contributed by atoms with van der Waals surface area (Å²) in [6.45, 7) is 2.78. The van der Waals surface area contributed by atoms with E-state index in [4.69, 9.17) is 5.11 Å². The largest absolute Gasteiger partial charge is 0.478 e. The van der Waals surface area contributed by atoms with Crippen molar-refractivity contribution >= 4 is 28.3 Å². The number of nitrogens with zero attached hydrogens (tertiary/aromatic N) is 3. The van der Waals surface area contributed by atoms with Gasteiger partial charge in [0.1, 0.15) is 0 Å². The monoisotopic (exact) mass is 287 g/mol. The van der Waals surface area contributed by atoms with Crippen molar-refractivity contribution < 1.29 is 9.90 Å². The van der Waals surface area contributed by atoms with E-state index in [0.717, 1.165) is 29.2 Å². The number of carboxylic acid groups (broad SMARTS) is 1. The topological polar surface area (TPSA) is 68.0 Å². The summed E-state index contributed by atoms with van der Waals surface area (Å²) < 4.78 is 2.02. The van der Waals surface area contributed by atoms with Gasteiger partial charge in [-0.1, -0.05) is 0 Å². The van der Waals surface area contributed by atoms with E-state index in [1.807, 2.05) is 11.5 Å². The maximum absolute atomic E-state index is 10.9. The molecule has 3 aromatic rings. The zero-order valence-corrected chi connectivity index (χ0v) is 11.7. The van der Waals surface area contributed by atoms with Gasteiger partial charge in [-0.05, 0) is 25.1 Å². The number of aromatic nitrogens is 3. The summed E-state index contributed by atoms with van der Waals surface area (Å²) in [5.74, 6) is -0.931. The van der Waals surface area contributed by atoms with E-state index in [2.05, 4.69) is 15.3 Å². The molecule has 6 heteroatoms. The third kappa shape index (κ3) is 2.42. The Morgan fingerprint density at radius 3 is 3.00 bits per heavy atom. The summed E-state index contributed by atoms with van der Waals surface area (Å²) in [7, 11) is 0. The van der Waals surface area contributed by atoms with Crippen LogP contribution in [0.1, 0.15) is 21.1 Å². The summed E-state index contributed by atoms with van der Waals surface area (Å²) in [4.78, 5) is 19.6. The molecule has 0 spiro atoms. The lowest BCUT2D eigenvalue weighted by atomic mass is 10.2. The highest BCUT2D eigenvalue weighted by atomic mass is 32.1. The normalized spacial score (nSPS) is 11.1. The molecule has 0 unspecified atom stereocenters. The SMILES string of the molecule is Cc1nc(CCn2cnc3cc(C(=O)O)ccc32)cs1. The second kappa shape index (κ2) is 5.05. The lowest BCUT2D eigenvalue weighted by Gasteiger charge is -2.03. The Morgan fingerprint density at radius 1 is 1.45 bits per heavy atom.